The van der Waals surface area contributed by atoms with Crippen LogP contribution < -0.4 is 0 Å². The molecule has 3 nitrogen and oxygen atoms in total. The Labute approximate surface area is 109 Å². The lowest BCUT2D eigenvalue weighted by Gasteiger charge is -2.21. The maximum atomic E-state index is 10.0. The second kappa shape index (κ2) is 7.52. The van der Waals surface area contributed by atoms with E-state index in [0.717, 1.165) is 31.4 Å². The molecule has 1 fully saturated rings. The first-order valence-electron chi connectivity index (χ1n) is 6.77. The molecule has 1 aromatic carbocycles. The van der Waals surface area contributed by atoms with Gasteiger partial charge in [-0.15, -0.1) is 0 Å². The average molecular weight is 250 g/mol. The molecule has 1 heterocycles. The van der Waals surface area contributed by atoms with Gasteiger partial charge in [0, 0.05) is 6.61 Å². The second-order valence-corrected chi connectivity index (χ2v) is 4.83. The van der Waals surface area contributed by atoms with Crippen molar-refractivity contribution in [3.05, 3.63) is 35.9 Å². The Kier molecular flexibility index (Phi) is 5.65. The van der Waals surface area contributed by atoms with Crippen molar-refractivity contribution in [3.8, 4) is 0 Å². The zero-order valence-corrected chi connectivity index (χ0v) is 10.8. The molecule has 100 valence electrons. The van der Waals surface area contributed by atoms with Gasteiger partial charge in [0.15, 0.2) is 0 Å². The Hall–Kier alpha value is -0.900. The third-order valence-electron chi connectivity index (χ3n) is 3.29. The summed E-state index contributed by atoms with van der Waals surface area (Å²) >= 11 is 0. The fourth-order valence-electron chi connectivity index (χ4n) is 2.22. The van der Waals surface area contributed by atoms with Crippen LogP contribution in [0, 0.1) is 0 Å². The highest BCUT2D eigenvalue weighted by Crippen LogP contribution is 2.16. The van der Waals surface area contributed by atoms with Gasteiger partial charge in [-0.05, 0) is 18.4 Å². The van der Waals surface area contributed by atoms with E-state index in [1.165, 1.54) is 6.42 Å². The van der Waals surface area contributed by atoms with E-state index in [0.29, 0.717) is 13.2 Å². The summed E-state index contributed by atoms with van der Waals surface area (Å²) in [4.78, 5) is 0. The van der Waals surface area contributed by atoms with E-state index < -0.39 is 6.10 Å². The molecule has 1 saturated heterocycles. The zero-order valence-electron chi connectivity index (χ0n) is 10.8. The number of aliphatic hydroxyl groups excluding tert-OH is 1. The van der Waals surface area contributed by atoms with Gasteiger partial charge in [-0.25, -0.2) is 0 Å². The fraction of sp³-hybridized carbons (Fsp3) is 0.600. The van der Waals surface area contributed by atoms with E-state index >= 15 is 0 Å². The molecule has 0 aliphatic carbocycles. The predicted octanol–water partition coefficient (Wildman–Crippen LogP) is 2.52. The van der Waals surface area contributed by atoms with Gasteiger partial charge in [0.2, 0.25) is 0 Å². The van der Waals surface area contributed by atoms with Crippen LogP contribution >= 0.6 is 0 Å². The maximum absolute atomic E-state index is 10.0. The summed E-state index contributed by atoms with van der Waals surface area (Å²) in [6.07, 6.45) is 3.83. The molecule has 1 aliphatic rings. The minimum absolute atomic E-state index is 0.0525. The molecule has 0 bridgehead atoms. The molecule has 0 amide bonds. The molecule has 1 aromatic rings. The van der Waals surface area contributed by atoms with Crippen molar-refractivity contribution in [1.29, 1.82) is 0 Å². The summed E-state index contributed by atoms with van der Waals surface area (Å²) in [5.74, 6) is 0. The molecule has 0 saturated carbocycles. The minimum Gasteiger partial charge on any atom is -0.388 e. The number of hydrogen-bond donors (Lipinski definition) is 1. The smallest absolute Gasteiger partial charge is 0.103 e. The van der Waals surface area contributed by atoms with Gasteiger partial charge in [-0.1, -0.05) is 43.2 Å². The molecule has 0 radical (unpaired) electrons. The third kappa shape index (κ3) is 4.41. The van der Waals surface area contributed by atoms with E-state index in [-0.39, 0.29) is 6.10 Å². The highest BCUT2D eigenvalue weighted by Gasteiger charge is 2.21. The topological polar surface area (TPSA) is 38.7 Å². The van der Waals surface area contributed by atoms with Crippen LogP contribution in [-0.2, 0) is 16.1 Å². The van der Waals surface area contributed by atoms with Gasteiger partial charge in [0.05, 0.1) is 19.3 Å². The monoisotopic (exact) mass is 250 g/mol. The first-order chi connectivity index (χ1) is 8.86. The van der Waals surface area contributed by atoms with Crippen LogP contribution in [0.15, 0.2) is 30.3 Å². The van der Waals surface area contributed by atoms with Crippen molar-refractivity contribution in [2.75, 3.05) is 13.2 Å². The molecule has 1 N–H and O–H groups in total. The predicted molar refractivity (Wildman–Crippen MR) is 70.3 cm³/mol. The first kappa shape index (κ1) is 13.5. The molecular formula is C15H22O3. The van der Waals surface area contributed by atoms with Gasteiger partial charge in [-0.2, -0.15) is 0 Å². The van der Waals surface area contributed by atoms with Crippen LogP contribution in [0.25, 0.3) is 0 Å². The third-order valence-corrected chi connectivity index (χ3v) is 3.29. The van der Waals surface area contributed by atoms with Crippen molar-refractivity contribution < 1.29 is 14.6 Å². The SMILES string of the molecule is OC(COCc1ccccc1)C1CCCCCO1. The zero-order chi connectivity index (χ0) is 12.6. The average Bonchev–Trinajstić information content (AvgIpc) is 2.69. The molecule has 2 unspecified atom stereocenters. The quantitative estimate of drug-likeness (QED) is 0.872. The summed E-state index contributed by atoms with van der Waals surface area (Å²) in [5.41, 5.74) is 1.13. The first-order valence-corrected chi connectivity index (χ1v) is 6.77. The molecule has 0 aromatic heterocycles. The highest BCUT2D eigenvalue weighted by molar-refractivity contribution is 5.13. The Balaban J connectivity index is 1.69. The van der Waals surface area contributed by atoms with Gasteiger partial charge < -0.3 is 14.6 Å². The standard InChI is InChI=1S/C15H22O3/c16-14(15-9-5-2-6-10-18-15)12-17-11-13-7-3-1-4-8-13/h1,3-4,7-8,14-16H,2,5-6,9-12H2. The normalized spacial score (nSPS) is 22.4. The molecule has 0 spiro atoms. The lowest BCUT2D eigenvalue weighted by atomic mass is 10.1. The van der Waals surface area contributed by atoms with Crippen LogP contribution in [0.2, 0.25) is 0 Å². The molecule has 3 heteroatoms. The number of ether oxygens (including phenoxy) is 2. The Morgan fingerprint density at radius 1 is 1.22 bits per heavy atom. The Morgan fingerprint density at radius 2 is 2.06 bits per heavy atom. The van der Waals surface area contributed by atoms with Gasteiger partial charge >= 0.3 is 0 Å². The van der Waals surface area contributed by atoms with Gasteiger partial charge in [-0.3, -0.25) is 0 Å². The number of benzene rings is 1. The summed E-state index contributed by atoms with van der Waals surface area (Å²) in [6.45, 7) is 1.66. The second-order valence-electron chi connectivity index (χ2n) is 4.83. The molecule has 2 atom stereocenters. The number of rotatable bonds is 5. The lowest BCUT2D eigenvalue weighted by Crippen LogP contribution is -2.32. The summed E-state index contributed by atoms with van der Waals surface area (Å²) < 4.78 is 11.2. The van der Waals surface area contributed by atoms with Crippen LogP contribution in [0.4, 0.5) is 0 Å². The van der Waals surface area contributed by atoms with E-state index in [2.05, 4.69) is 0 Å². The van der Waals surface area contributed by atoms with E-state index in [4.69, 9.17) is 9.47 Å². The molecule has 2 rings (SSSR count). The highest BCUT2D eigenvalue weighted by atomic mass is 16.5. The maximum Gasteiger partial charge on any atom is 0.103 e. The van der Waals surface area contributed by atoms with Crippen LogP contribution in [-0.4, -0.2) is 30.5 Å². The fourth-order valence-corrected chi connectivity index (χ4v) is 2.22. The van der Waals surface area contributed by atoms with Crippen molar-refractivity contribution in [3.63, 3.8) is 0 Å². The Morgan fingerprint density at radius 3 is 2.89 bits per heavy atom. The molecule has 1 aliphatic heterocycles. The Bertz CT molecular complexity index is 318. The van der Waals surface area contributed by atoms with E-state index in [1.807, 2.05) is 30.3 Å². The largest absolute Gasteiger partial charge is 0.388 e. The number of aliphatic hydroxyl groups is 1. The minimum atomic E-state index is -0.508. The lowest BCUT2D eigenvalue weighted by molar-refractivity contribution is -0.0729. The van der Waals surface area contributed by atoms with E-state index in [1.54, 1.807) is 0 Å². The van der Waals surface area contributed by atoms with Gasteiger partial charge in [0.1, 0.15) is 6.10 Å². The molecule has 18 heavy (non-hydrogen) atoms. The van der Waals surface area contributed by atoms with Crippen LogP contribution in [0.1, 0.15) is 31.2 Å². The van der Waals surface area contributed by atoms with Crippen LogP contribution in [0.3, 0.4) is 0 Å². The summed E-state index contributed by atoms with van der Waals surface area (Å²) in [6, 6.07) is 10.0. The molecular weight excluding hydrogens is 228 g/mol. The van der Waals surface area contributed by atoms with Crippen molar-refractivity contribution in [2.24, 2.45) is 0 Å². The van der Waals surface area contributed by atoms with Crippen LogP contribution in [0.5, 0.6) is 0 Å². The number of hydrogen-bond acceptors (Lipinski definition) is 3. The van der Waals surface area contributed by atoms with Crippen molar-refractivity contribution in [1.82, 2.24) is 0 Å². The van der Waals surface area contributed by atoms with Crippen molar-refractivity contribution in [2.45, 2.75) is 44.5 Å². The van der Waals surface area contributed by atoms with Crippen molar-refractivity contribution >= 4 is 0 Å². The van der Waals surface area contributed by atoms with E-state index in [9.17, 15) is 5.11 Å². The van der Waals surface area contributed by atoms with Gasteiger partial charge in [0.25, 0.3) is 0 Å². The summed E-state index contributed by atoms with van der Waals surface area (Å²) in [7, 11) is 0. The summed E-state index contributed by atoms with van der Waals surface area (Å²) in [5, 5.41) is 10.0.